The van der Waals surface area contributed by atoms with Crippen molar-refractivity contribution >= 4 is 46.4 Å². The smallest absolute Gasteiger partial charge is 0.242 e. The summed E-state index contributed by atoms with van der Waals surface area (Å²) in [4.78, 5) is 24.1. The maximum absolute atomic E-state index is 12.3. The fraction of sp³-hybridized carbons (Fsp3) is 0.600. The van der Waals surface area contributed by atoms with Crippen molar-refractivity contribution in [3.05, 3.63) is 20.9 Å². The Morgan fingerprint density at radius 1 is 0.913 bits per heavy atom. The maximum atomic E-state index is 12.3. The van der Waals surface area contributed by atoms with Gasteiger partial charge in [-0.25, -0.2) is 0 Å². The molecule has 5 nitrogen and oxygen atoms in total. The highest BCUT2D eigenvalue weighted by molar-refractivity contribution is 6.64. The van der Waals surface area contributed by atoms with Crippen LogP contribution in [0.2, 0.25) is 0 Å². The van der Waals surface area contributed by atoms with Crippen LogP contribution in [0.25, 0.3) is 0 Å². The summed E-state index contributed by atoms with van der Waals surface area (Å²) < 4.78 is 5.70. The Hall–Kier alpha value is -0.590. The predicted octanol–water partition coefficient (Wildman–Crippen LogP) is 3.66. The first kappa shape index (κ1) is 18.7. The molecule has 0 bridgehead atoms. The van der Waals surface area contributed by atoms with Gasteiger partial charge in [0.25, 0.3) is 0 Å². The topological polar surface area (TPSA) is 66.5 Å². The van der Waals surface area contributed by atoms with Crippen LogP contribution < -0.4 is 0 Å². The maximum Gasteiger partial charge on any atom is 0.242 e. The van der Waals surface area contributed by atoms with Crippen LogP contribution in [0.5, 0.6) is 0 Å². The molecule has 1 radical (unpaired) electrons. The number of Topliss-reactive ketones (excluding diaryl/α,β-unsaturated/α-hetero) is 2. The van der Waals surface area contributed by atoms with Crippen molar-refractivity contribution in [1.29, 1.82) is 0 Å². The van der Waals surface area contributed by atoms with Crippen LogP contribution in [0.15, 0.2) is 20.9 Å². The van der Waals surface area contributed by atoms with Crippen molar-refractivity contribution in [2.45, 2.75) is 57.7 Å². The molecule has 1 fully saturated rings. The average Bonchev–Trinajstić information content (AvgIpc) is 2.44. The zero-order chi connectivity index (χ0) is 17.7. The van der Waals surface area contributed by atoms with Gasteiger partial charge in [-0.1, -0.05) is 34.8 Å². The molecular formula is C15H17Cl3NO4. The summed E-state index contributed by atoms with van der Waals surface area (Å²) >= 11 is 17.4. The van der Waals surface area contributed by atoms with Crippen LogP contribution in [0, 0.1) is 0 Å². The van der Waals surface area contributed by atoms with E-state index in [1.54, 1.807) is 27.7 Å². The van der Waals surface area contributed by atoms with Crippen LogP contribution in [0.4, 0.5) is 0 Å². The van der Waals surface area contributed by atoms with Crippen molar-refractivity contribution < 1.29 is 19.5 Å². The van der Waals surface area contributed by atoms with Gasteiger partial charge in [0.05, 0.1) is 0 Å². The SMILES string of the molecule is CC1(C)CC(OC2=C(Cl)C(=O)C(Cl)=C(Cl)C2=O)CC(C)(C)N1[O]. The van der Waals surface area contributed by atoms with Gasteiger partial charge in [-0.3, -0.25) is 9.59 Å². The fourth-order valence-electron chi connectivity index (χ4n) is 3.13. The number of nitrogens with zero attached hydrogens (tertiary/aromatic N) is 1. The Labute approximate surface area is 149 Å². The lowest BCUT2D eigenvalue weighted by molar-refractivity contribution is -0.299. The van der Waals surface area contributed by atoms with Crippen molar-refractivity contribution in [1.82, 2.24) is 5.06 Å². The van der Waals surface area contributed by atoms with Gasteiger partial charge in [-0.15, -0.1) is 10.3 Å². The molecule has 23 heavy (non-hydrogen) atoms. The number of hydrogen-bond acceptors (Lipinski definition) is 4. The molecule has 0 unspecified atom stereocenters. The van der Waals surface area contributed by atoms with Crippen LogP contribution >= 0.6 is 34.8 Å². The fourth-order valence-corrected chi connectivity index (χ4v) is 3.75. The molecule has 0 amide bonds. The van der Waals surface area contributed by atoms with E-state index in [-0.39, 0.29) is 10.8 Å². The molecule has 1 aliphatic carbocycles. The number of rotatable bonds is 2. The number of hydroxylamine groups is 2. The van der Waals surface area contributed by atoms with E-state index in [9.17, 15) is 14.8 Å². The van der Waals surface area contributed by atoms with Gasteiger partial charge in [0.15, 0.2) is 5.76 Å². The molecule has 0 aromatic carbocycles. The van der Waals surface area contributed by atoms with E-state index in [4.69, 9.17) is 39.5 Å². The highest BCUT2D eigenvalue weighted by atomic mass is 35.5. The molecule has 0 aromatic rings. The number of carbonyl (C=O) groups excluding carboxylic acids is 2. The standard InChI is InChI=1S/C15H17Cl3NO4/c1-14(2)5-7(6-15(3,4)19(14)22)23-13-10(18)11(20)8(16)9(17)12(13)21/h7H,5-6H2,1-4H3. The molecule has 0 spiro atoms. The van der Waals surface area contributed by atoms with Crippen molar-refractivity contribution in [2.75, 3.05) is 0 Å². The second-order valence-corrected chi connectivity index (χ2v) is 8.13. The lowest BCUT2D eigenvalue weighted by Crippen LogP contribution is -2.60. The Kier molecular flexibility index (Phi) is 4.93. The van der Waals surface area contributed by atoms with Crippen molar-refractivity contribution in [3.8, 4) is 0 Å². The molecule has 1 aliphatic heterocycles. The van der Waals surface area contributed by atoms with Gasteiger partial charge in [-0.2, -0.15) is 0 Å². The summed E-state index contributed by atoms with van der Waals surface area (Å²) in [5.41, 5.74) is -1.36. The number of ketones is 2. The third kappa shape index (κ3) is 3.30. The number of ether oxygens (including phenoxy) is 1. The lowest BCUT2D eigenvalue weighted by Gasteiger charge is -2.49. The molecule has 0 N–H and O–H groups in total. The molecule has 2 aliphatic rings. The van der Waals surface area contributed by atoms with Crippen LogP contribution in [0.1, 0.15) is 40.5 Å². The Morgan fingerprint density at radius 3 is 1.83 bits per heavy atom. The first-order valence-electron chi connectivity index (χ1n) is 7.07. The summed E-state index contributed by atoms with van der Waals surface area (Å²) in [6.07, 6.45) is 0.306. The van der Waals surface area contributed by atoms with Crippen LogP contribution in [-0.4, -0.2) is 33.8 Å². The molecule has 8 heteroatoms. The van der Waals surface area contributed by atoms with E-state index >= 15 is 0 Å². The summed E-state index contributed by atoms with van der Waals surface area (Å²) in [7, 11) is 0. The van der Waals surface area contributed by atoms with Crippen LogP contribution in [-0.2, 0) is 19.5 Å². The minimum absolute atomic E-state index is 0.304. The lowest BCUT2D eigenvalue weighted by atomic mass is 9.80. The Bertz CT molecular complexity index is 619. The Morgan fingerprint density at radius 2 is 1.35 bits per heavy atom. The molecule has 0 saturated carbocycles. The highest BCUT2D eigenvalue weighted by Crippen LogP contribution is 2.40. The van der Waals surface area contributed by atoms with E-state index in [1.807, 2.05) is 0 Å². The minimum Gasteiger partial charge on any atom is -0.484 e. The summed E-state index contributed by atoms with van der Waals surface area (Å²) in [5, 5.41) is 12.2. The minimum atomic E-state index is -0.743. The van der Waals surface area contributed by atoms with Gasteiger partial charge in [0, 0.05) is 23.9 Å². The first-order valence-corrected chi connectivity index (χ1v) is 8.20. The second kappa shape index (κ2) is 6.05. The number of halogens is 3. The Balaban J connectivity index is 2.29. The average molecular weight is 382 g/mol. The molecule has 1 saturated heterocycles. The number of carbonyl (C=O) groups is 2. The summed E-state index contributed by atoms with van der Waals surface area (Å²) in [6.45, 7) is 7.19. The molecular weight excluding hydrogens is 365 g/mol. The molecule has 0 aromatic heterocycles. The monoisotopic (exact) mass is 380 g/mol. The normalized spacial score (nSPS) is 26.1. The van der Waals surface area contributed by atoms with E-state index in [2.05, 4.69) is 0 Å². The van der Waals surface area contributed by atoms with Crippen LogP contribution in [0.3, 0.4) is 0 Å². The van der Waals surface area contributed by atoms with Gasteiger partial charge < -0.3 is 4.74 Å². The molecule has 1 heterocycles. The summed E-state index contributed by atoms with van der Waals surface area (Å²) in [6, 6.07) is 0. The van der Waals surface area contributed by atoms with E-state index in [0.717, 1.165) is 5.06 Å². The van der Waals surface area contributed by atoms with Gasteiger partial charge in [0.2, 0.25) is 11.6 Å². The first-order chi connectivity index (χ1) is 10.4. The van der Waals surface area contributed by atoms with Crippen molar-refractivity contribution in [3.63, 3.8) is 0 Å². The molecule has 127 valence electrons. The zero-order valence-electron chi connectivity index (χ0n) is 13.2. The number of piperidine rings is 1. The second-order valence-electron chi connectivity index (χ2n) is 7.00. The quantitative estimate of drug-likeness (QED) is 0.685. The third-order valence-electron chi connectivity index (χ3n) is 4.03. The van der Waals surface area contributed by atoms with Gasteiger partial charge >= 0.3 is 0 Å². The third-order valence-corrected chi connectivity index (χ3v) is 5.20. The highest BCUT2D eigenvalue weighted by Gasteiger charge is 2.48. The molecule has 0 atom stereocenters. The largest absolute Gasteiger partial charge is 0.484 e. The number of allylic oxidation sites excluding steroid dienone is 3. The summed E-state index contributed by atoms with van der Waals surface area (Å²) in [5.74, 6) is -1.77. The zero-order valence-corrected chi connectivity index (χ0v) is 15.5. The number of hydrogen-bond donors (Lipinski definition) is 0. The van der Waals surface area contributed by atoms with E-state index < -0.39 is 38.8 Å². The predicted molar refractivity (Wildman–Crippen MR) is 86.4 cm³/mol. The van der Waals surface area contributed by atoms with Crippen molar-refractivity contribution in [2.24, 2.45) is 0 Å². The van der Waals surface area contributed by atoms with Gasteiger partial charge in [-0.05, 0) is 27.7 Å². The van der Waals surface area contributed by atoms with E-state index in [0.29, 0.717) is 12.8 Å². The van der Waals surface area contributed by atoms with E-state index in [1.165, 1.54) is 0 Å². The van der Waals surface area contributed by atoms with Gasteiger partial charge in [0.1, 0.15) is 21.2 Å². The molecule has 2 rings (SSSR count).